The van der Waals surface area contributed by atoms with Gasteiger partial charge in [-0.2, -0.15) is 0 Å². The van der Waals surface area contributed by atoms with Gasteiger partial charge in [0.1, 0.15) is 0 Å². The van der Waals surface area contributed by atoms with E-state index in [0.717, 1.165) is 25.2 Å². The molecule has 3 heteroatoms. The topological polar surface area (TPSA) is 24.9 Å². The zero-order valence-electron chi connectivity index (χ0n) is 11.6. The van der Waals surface area contributed by atoms with Crippen LogP contribution in [-0.4, -0.2) is 4.98 Å². The van der Waals surface area contributed by atoms with Crippen molar-refractivity contribution in [3.63, 3.8) is 0 Å². The Bertz CT molecular complexity index is 703. The normalized spacial score (nSPS) is 11.1. The number of hydrogen-bond donors (Lipinski definition) is 1. The van der Waals surface area contributed by atoms with Crippen molar-refractivity contribution in [2.24, 2.45) is 0 Å². The molecule has 0 saturated carbocycles. The summed E-state index contributed by atoms with van der Waals surface area (Å²) in [6.45, 7) is 3.89. The monoisotopic (exact) mass is 282 g/mol. The molecular weight excluding hydrogens is 264 g/mol. The Labute approximate surface area is 123 Å². The van der Waals surface area contributed by atoms with Crippen LogP contribution < -0.4 is 5.32 Å². The summed E-state index contributed by atoms with van der Waals surface area (Å²) in [5.74, 6) is 0. The van der Waals surface area contributed by atoms with Crippen molar-refractivity contribution in [1.82, 2.24) is 10.3 Å². The van der Waals surface area contributed by atoms with Gasteiger partial charge in [-0.1, -0.05) is 31.2 Å². The molecule has 0 fully saturated rings. The standard InChI is InChI=1S/C17H18N2S/c1-2-13-6-5-9-19-16(13)11-18-10-14-12-20-17-8-4-3-7-15(14)17/h3-9,12,18H,2,10-11H2,1H3. The molecule has 2 aromatic heterocycles. The zero-order chi connectivity index (χ0) is 13.8. The van der Waals surface area contributed by atoms with E-state index in [4.69, 9.17) is 0 Å². The zero-order valence-corrected chi connectivity index (χ0v) is 12.4. The van der Waals surface area contributed by atoms with E-state index in [1.807, 2.05) is 23.6 Å². The summed E-state index contributed by atoms with van der Waals surface area (Å²) < 4.78 is 1.36. The van der Waals surface area contributed by atoms with Crippen molar-refractivity contribution in [3.05, 3.63) is 64.8 Å². The van der Waals surface area contributed by atoms with Gasteiger partial charge >= 0.3 is 0 Å². The van der Waals surface area contributed by atoms with Crippen LogP contribution in [0.4, 0.5) is 0 Å². The molecule has 2 nitrogen and oxygen atoms in total. The lowest BCUT2D eigenvalue weighted by atomic mass is 10.1. The average Bonchev–Trinajstić information content (AvgIpc) is 2.91. The van der Waals surface area contributed by atoms with Gasteiger partial charge in [0.25, 0.3) is 0 Å². The number of rotatable bonds is 5. The summed E-state index contributed by atoms with van der Waals surface area (Å²) in [4.78, 5) is 4.47. The first-order chi connectivity index (χ1) is 9.88. The van der Waals surface area contributed by atoms with E-state index in [2.05, 4.69) is 52.9 Å². The summed E-state index contributed by atoms with van der Waals surface area (Å²) in [5.41, 5.74) is 3.87. The number of nitrogens with zero attached hydrogens (tertiary/aromatic N) is 1. The molecule has 1 aromatic carbocycles. The van der Waals surface area contributed by atoms with Crippen LogP contribution in [0.3, 0.4) is 0 Å². The van der Waals surface area contributed by atoms with Crippen LogP contribution in [0.5, 0.6) is 0 Å². The van der Waals surface area contributed by atoms with Gasteiger partial charge in [-0.05, 0) is 40.4 Å². The molecule has 1 N–H and O–H groups in total. The lowest BCUT2D eigenvalue weighted by molar-refractivity contribution is 0.677. The number of pyridine rings is 1. The minimum atomic E-state index is 0.828. The third kappa shape index (κ3) is 2.74. The van der Waals surface area contributed by atoms with E-state index in [1.54, 1.807) is 0 Å². The fraction of sp³-hybridized carbons (Fsp3) is 0.235. The van der Waals surface area contributed by atoms with E-state index >= 15 is 0 Å². The Balaban J connectivity index is 1.68. The molecule has 0 aliphatic rings. The van der Waals surface area contributed by atoms with Crippen molar-refractivity contribution >= 4 is 21.4 Å². The first kappa shape index (κ1) is 13.3. The summed E-state index contributed by atoms with van der Waals surface area (Å²) in [6, 6.07) is 12.7. The third-order valence-electron chi connectivity index (χ3n) is 3.53. The maximum atomic E-state index is 4.47. The largest absolute Gasteiger partial charge is 0.307 e. The molecule has 0 aliphatic heterocycles. The Kier molecular flexibility index (Phi) is 4.09. The van der Waals surface area contributed by atoms with Crippen LogP contribution in [0.15, 0.2) is 48.0 Å². The average molecular weight is 282 g/mol. The van der Waals surface area contributed by atoms with Crippen molar-refractivity contribution in [2.75, 3.05) is 0 Å². The maximum absolute atomic E-state index is 4.47. The summed E-state index contributed by atoms with van der Waals surface area (Å²) in [6.07, 6.45) is 2.91. The van der Waals surface area contributed by atoms with Crippen LogP contribution in [-0.2, 0) is 19.5 Å². The molecule has 3 rings (SSSR count). The van der Waals surface area contributed by atoms with Crippen molar-refractivity contribution in [3.8, 4) is 0 Å². The second-order valence-electron chi connectivity index (χ2n) is 4.82. The number of nitrogens with one attached hydrogen (secondary N) is 1. The number of aromatic nitrogens is 1. The van der Waals surface area contributed by atoms with Gasteiger partial charge in [0.15, 0.2) is 0 Å². The Morgan fingerprint density at radius 2 is 1.95 bits per heavy atom. The smallest absolute Gasteiger partial charge is 0.0573 e. The first-order valence-corrected chi connectivity index (χ1v) is 7.85. The van der Waals surface area contributed by atoms with E-state index < -0.39 is 0 Å². The van der Waals surface area contributed by atoms with Gasteiger partial charge < -0.3 is 5.32 Å². The van der Waals surface area contributed by atoms with Gasteiger partial charge in [0.05, 0.1) is 5.69 Å². The molecule has 0 unspecified atom stereocenters. The molecule has 3 aromatic rings. The number of aryl methyl sites for hydroxylation is 1. The molecule has 0 bridgehead atoms. The van der Waals surface area contributed by atoms with Gasteiger partial charge in [-0.25, -0.2) is 0 Å². The van der Waals surface area contributed by atoms with Crippen molar-refractivity contribution in [1.29, 1.82) is 0 Å². The first-order valence-electron chi connectivity index (χ1n) is 6.97. The molecule has 102 valence electrons. The van der Waals surface area contributed by atoms with E-state index in [1.165, 1.54) is 21.2 Å². The lowest BCUT2D eigenvalue weighted by Crippen LogP contribution is -2.14. The molecule has 20 heavy (non-hydrogen) atoms. The van der Waals surface area contributed by atoms with Gasteiger partial charge in [0.2, 0.25) is 0 Å². The van der Waals surface area contributed by atoms with Crippen molar-refractivity contribution < 1.29 is 0 Å². The highest BCUT2D eigenvalue weighted by atomic mass is 32.1. The molecule has 0 atom stereocenters. The summed E-state index contributed by atoms with van der Waals surface area (Å²) in [5, 5.41) is 7.12. The van der Waals surface area contributed by atoms with Crippen LogP contribution in [0.25, 0.3) is 10.1 Å². The number of benzene rings is 1. The second kappa shape index (κ2) is 6.16. The Morgan fingerprint density at radius 3 is 2.85 bits per heavy atom. The summed E-state index contributed by atoms with van der Waals surface area (Å²) in [7, 11) is 0. The van der Waals surface area contributed by atoms with Crippen LogP contribution in [0.2, 0.25) is 0 Å². The van der Waals surface area contributed by atoms with Crippen molar-refractivity contribution in [2.45, 2.75) is 26.4 Å². The predicted molar refractivity (Wildman–Crippen MR) is 86.0 cm³/mol. The fourth-order valence-electron chi connectivity index (χ4n) is 2.44. The van der Waals surface area contributed by atoms with Gasteiger partial charge in [0, 0.05) is 24.0 Å². The van der Waals surface area contributed by atoms with Crippen LogP contribution in [0.1, 0.15) is 23.7 Å². The SMILES string of the molecule is CCc1cccnc1CNCc1csc2ccccc12. The molecule has 0 saturated heterocycles. The van der Waals surface area contributed by atoms with E-state index in [0.29, 0.717) is 0 Å². The molecular formula is C17H18N2S. The molecule has 0 spiro atoms. The van der Waals surface area contributed by atoms with Gasteiger partial charge in [-0.15, -0.1) is 11.3 Å². The number of fused-ring (bicyclic) bond motifs is 1. The third-order valence-corrected chi connectivity index (χ3v) is 4.55. The highest BCUT2D eigenvalue weighted by Crippen LogP contribution is 2.25. The molecule has 0 aliphatic carbocycles. The van der Waals surface area contributed by atoms with Crippen LogP contribution in [0, 0.1) is 0 Å². The Hall–Kier alpha value is -1.71. The van der Waals surface area contributed by atoms with E-state index in [-0.39, 0.29) is 0 Å². The summed E-state index contributed by atoms with van der Waals surface area (Å²) >= 11 is 1.81. The molecule has 0 radical (unpaired) electrons. The second-order valence-corrected chi connectivity index (χ2v) is 5.73. The minimum Gasteiger partial charge on any atom is -0.307 e. The van der Waals surface area contributed by atoms with Crippen LogP contribution >= 0.6 is 11.3 Å². The van der Waals surface area contributed by atoms with E-state index in [9.17, 15) is 0 Å². The number of hydrogen-bond acceptors (Lipinski definition) is 3. The predicted octanol–water partition coefficient (Wildman–Crippen LogP) is 4.15. The van der Waals surface area contributed by atoms with Gasteiger partial charge in [-0.3, -0.25) is 4.98 Å². The fourth-order valence-corrected chi connectivity index (χ4v) is 3.40. The Morgan fingerprint density at radius 1 is 1.05 bits per heavy atom. The molecule has 0 amide bonds. The lowest BCUT2D eigenvalue weighted by Gasteiger charge is -2.07. The molecule has 2 heterocycles. The number of thiophene rings is 1. The highest BCUT2D eigenvalue weighted by molar-refractivity contribution is 7.17. The minimum absolute atomic E-state index is 0.828. The quantitative estimate of drug-likeness (QED) is 0.760. The maximum Gasteiger partial charge on any atom is 0.0573 e. The highest BCUT2D eigenvalue weighted by Gasteiger charge is 2.04.